The molecule has 0 aliphatic carbocycles. The van der Waals surface area contributed by atoms with Gasteiger partial charge in [0.2, 0.25) is 9.05 Å². The molecule has 0 saturated heterocycles. The SMILES string of the molecule is Cc1cc(CS(=O)(=O)Cl)cc(C(F)(F)F)c1. The number of alkyl halides is 3. The summed E-state index contributed by atoms with van der Waals surface area (Å²) < 4.78 is 58.7. The van der Waals surface area contributed by atoms with Crippen LogP contribution in [0.1, 0.15) is 16.7 Å². The van der Waals surface area contributed by atoms with Gasteiger partial charge in [-0.05, 0) is 24.6 Å². The van der Waals surface area contributed by atoms with Gasteiger partial charge >= 0.3 is 6.18 Å². The fraction of sp³-hybridized carbons (Fsp3) is 0.333. The summed E-state index contributed by atoms with van der Waals surface area (Å²) in [5, 5.41) is 0. The van der Waals surface area contributed by atoms with Gasteiger partial charge in [0.25, 0.3) is 0 Å². The summed E-state index contributed by atoms with van der Waals surface area (Å²) in [4.78, 5) is 0. The van der Waals surface area contributed by atoms with E-state index in [4.69, 9.17) is 10.7 Å². The molecule has 0 aliphatic heterocycles. The first-order valence-corrected chi connectivity index (χ1v) is 6.66. The van der Waals surface area contributed by atoms with Gasteiger partial charge in [0.05, 0.1) is 11.3 Å². The van der Waals surface area contributed by atoms with Crippen LogP contribution in [-0.4, -0.2) is 8.42 Å². The third-order valence-electron chi connectivity index (χ3n) is 1.80. The van der Waals surface area contributed by atoms with Gasteiger partial charge in [-0.2, -0.15) is 13.2 Å². The molecule has 0 radical (unpaired) electrons. The zero-order chi connectivity index (χ0) is 12.6. The highest BCUT2D eigenvalue weighted by Gasteiger charge is 2.31. The summed E-state index contributed by atoms with van der Waals surface area (Å²) in [6, 6.07) is 3.09. The first-order valence-electron chi connectivity index (χ1n) is 4.18. The van der Waals surface area contributed by atoms with E-state index in [0.29, 0.717) is 5.56 Å². The van der Waals surface area contributed by atoms with E-state index in [1.165, 1.54) is 13.0 Å². The average Bonchev–Trinajstić information content (AvgIpc) is 1.97. The molecule has 0 unspecified atom stereocenters. The minimum atomic E-state index is -4.49. The Labute approximate surface area is 95.5 Å². The maximum atomic E-state index is 12.4. The van der Waals surface area contributed by atoms with Crippen LogP contribution < -0.4 is 0 Å². The molecule has 1 aromatic rings. The van der Waals surface area contributed by atoms with Crippen molar-refractivity contribution in [1.82, 2.24) is 0 Å². The van der Waals surface area contributed by atoms with Crippen LogP contribution >= 0.6 is 10.7 Å². The molecule has 0 aromatic heterocycles. The summed E-state index contributed by atoms with van der Waals surface area (Å²) in [7, 11) is 1.13. The molecule has 0 saturated carbocycles. The van der Waals surface area contributed by atoms with Crippen molar-refractivity contribution < 1.29 is 21.6 Å². The quantitative estimate of drug-likeness (QED) is 0.776. The topological polar surface area (TPSA) is 34.1 Å². The molecule has 0 aliphatic rings. The molecule has 2 nitrogen and oxygen atoms in total. The first kappa shape index (κ1) is 13.3. The summed E-state index contributed by atoms with van der Waals surface area (Å²) in [6.07, 6.45) is -4.49. The van der Waals surface area contributed by atoms with Crippen molar-refractivity contribution in [1.29, 1.82) is 0 Å². The van der Waals surface area contributed by atoms with Gasteiger partial charge in [-0.25, -0.2) is 8.42 Å². The van der Waals surface area contributed by atoms with E-state index in [9.17, 15) is 21.6 Å². The molecular formula is C9H8ClF3O2S. The molecular weight excluding hydrogens is 265 g/mol. The summed E-state index contributed by atoms with van der Waals surface area (Å²) in [6.45, 7) is 1.46. The standard InChI is InChI=1S/C9H8ClF3O2S/c1-6-2-7(5-16(10,14)15)4-8(3-6)9(11,12)13/h2-4H,5H2,1H3. The van der Waals surface area contributed by atoms with E-state index in [-0.39, 0.29) is 5.56 Å². The Bertz CT molecular complexity index is 494. The number of hydrogen-bond acceptors (Lipinski definition) is 2. The minimum absolute atomic E-state index is 0.0299. The lowest BCUT2D eigenvalue weighted by atomic mass is 10.1. The normalized spacial score (nSPS) is 12.8. The lowest BCUT2D eigenvalue weighted by molar-refractivity contribution is -0.137. The van der Waals surface area contributed by atoms with E-state index in [1.807, 2.05) is 0 Å². The monoisotopic (exact) mass is 272 g/mol. The predicted octanol–water partition coefficient (Wildman–Crippen LogP) is 3.08. The molecule has 0 spiro atoms. The number of halogens is 4. The molecule has 0 atom stereocenters. The van der Waals surface area contributed by atoms with Crippen LogP contribution in [0.3, 0.4) is 0 Å². The fourth-order valence-corrected chi connectivity index (χ4v) is 2.25. The molecule has 16 heavy (non-hydrogen) atoms. The molecule has 90 valence electrons. The van der Waals surface area contributed by atoms with Crippen molar-refractivity contribution in [3.63, 3.8) is 0 Å². The summed E-state index contributed by atoms with van der Waals surface area (Å²) in [5.41, 5.74) is -0.504. The van der Waals surface area contributed by atoms with Gasteiger partial charge in [-0.1, -0.05) is 11.6 Å². The Kier molecular flexibility index (Phi) is 3.54. The van der Waals surface area contributed by atoms with Crippen LogP contribution in [0.25, 0.3) is 0 Å². The highest BCUT2D eigenvalue weighted by molar-refractivity contribution is 8.13. The summed E-state index contributed by atoms with van der Waals surface area (Å²) >= 11 is 0. The Balaban J connectivity index is 3.19. The van der Waals surface area contributed by atoms with Crippen LogP contribution in [0, 0.1) is 6.92 Å². The van der Waals surface area contributed by atoms with E-state index in [1.54, 1.807) is 0 Å². The zero-order valence-corrected chi connectivity index (χ0v) is 9.75. The molecule has 1 aromatic carbocycles. The second-order valence-electron chi connectivity index (χ2n) is 3.39. The second kappa shape index (κ2) is 4.25. The zero-order valence-electron chi connectivity index (χ0n) is 8.18. The maximum Gasteiger partial charge on any atom is 0.416 e. The van der Waals surface area contributed by atoms with Gasteiger partial charge in [0, 0.05) is 10.7 Å². The Hall–Kier alpha value is -0.750. The largest absolute Gasteiger partial charge is 0.416 e. The third kappa shape index (κ3) is 4.02. The lowest BCUT2D eigenvalue weighted by Crippen LogP contribution is -2.07. The predicted molar refractivity (Wildman–Crippen MR) is 54.7 cm³/mol. The third-order valence-corrected chi connectivity index (χ3v) is 2.81. The highest BCUT2D eigenvalue weighted by atomic mass is 35.7. The van der Waals surface area contributed by atoms with Gasteiger partial charge < -0.3 is 0 Å². The summed E-state index contributed by atoms with van der Waals surface area (Å²) in [5.74, 6) is -0.612. The Morgan fingerprint density at radius 2 is 1.81 bits per heavy atom. The van der Waals surface area contributed by atoms with E-state index in [2.05, 4.69) is 0 Å². The number of aryl methyl sites for hydroxylation is 1. The van der Waals surface area contributed by atoms with Crippen molar-refractivity contribution in [2.75, 3.05) is 0 Å². The van der Waals surface area contributed by atoms with E-state index < -0.39 is 26.5 Å². The van der Waals surface area contributed by atoms with E-state index in [0.717, 1.165) is 12.1 Å². The Morgan fingerprint density at radius 1 is 1.25 bits per heavy atom. The van der Waals surface area contributed by atoms with Crippen LogP contribution in [0.15, 0.2) is 18.2 Å². The molecule has 0 fully saturated rings. The van der Waals surface area contributed by atoms with Gasteiger partial charge in [-0.15, -0.1) is 0 Å². The number of rotatable bonds is 2. The molecule has 0 amide bonds. The van der Waals surface area contributed by atoms with Crippen molar-refractivity contribution in [3.8, 4) is 0 Å². The van der Waals surface area contributed by atoms with Crippen LogP contribution in [0.5, 0.6) is 0 Å². The lowest BCUT2D eigenvalue weighted by Gasteiger charge is -2.09. The average molecular weight is 273 g/mol. The molecule has 0 heterocycles. The van der Waals surface area contributed by atoms with Gasteiger partial charge in [-0.3, -0.25) is 0 Å². The van der Waals surface area contributed by atoms with Crippen LogP contribution in [0.2, 0.25) is 0 Å². The van der Waals surface area contributed by atoms with Crippen LogP contribution in [-0.2, 0) is 21.0 Å². The number of benzene rings is 1. The molecule has 1 rings (SSSR count). The number of hydrogen-bond donors (Lipinski definition) is 0. The maximum absolute atomic E-state index is 12.4. The van der Waals surface area contributed by atoms with Gasteiger partial charge in [0.15, 0.2) is 0 Å². The van der Waals surface area contributed by atoms with E-state index >= 15 is 0 Å². The fourth-order valence-electron chi connectivity index (χ4n) is 1.31. The van der Waals surface area contributed by atoms with Gasteiger partial charge in [0.1, 0.15) is 0 Å². The van der Waals surface area contributed by atoms with Crippen LogP contribution in [0.4, 0.5) is 13.2 Å². The Morgan fingerprint density at radius 3 is 2.25 bits per heavy atom. The highest BCUT2D eigenvalue weighted by Crippen LogP contribution is 2.31. The second-order valence-corrected chi connectivity index (χ2v) is 6.17. The molecule has 0 bridgehead atoms. The first-order chi connectivity index (χ1) is 7.08. The van der Waals surface area contributed by atoms with Crippen molar-refractivity contribution in [2.45, 2.75) is 18.9 Å². The van der Waals surface area contributed by atoms with Crippen molar-refractivity contribution in [3.05, 3.63) is 34.9 Å². The minimum Gasteiger partial charge on any atom is -0.212 e. The molecule has 7 heteroatoms. The van der Waals surface area contributed by atoms with Crippen molar-refractivity contribution >= 4 is 19.7 Å². The smallest absolute Gasteiger partial charge is 0.212 e. The molecule has 0 N–H and O–H groups in total. The van der Waals surface area contributed by atoms with Crippen molar-refractivity contribution in [2.24, 2.45) is 0 Å².